The molecule has 0 bridgehead atoms. The molecule has 0 spiro atoms. The highest BCUT2D eigenvalue weighted by Crippen LogP contribution is 2.20. The van der Waals surface area contributed by atoms with Gasteiger partial charge in [0.05, 0.1) is 18.6 Å². The van der Waals surface area contributed by atoms with E-state index in [0.717, 1.165) is 16.3 Å². The molecule has 7 heteroatoms. The number of aromatic nitrogens is 1. The highest BCUT2D eigenvalue weighted by atomic mass is 16.5. The Balaban J connectivity index is 1.67. The first kappa shape index (κ1) is 20.1. The van der Waals surface area contributed by atoms with Crippen molar-refractivity contribution in [3.63, 3.8) is 0 Å². The lowest BCUT2D eigenvalue weighted by atomic mass is 10.0. The molecule has 0 atom stereocenters. The molecule has 0 aliphatic rings. The van der Waals surface area contributed by atoms with Crippen molar-refractivity contribution in [1.82, 2.24) is 15.8 Å². The summed E-state index contributed by atoms with van der Waals surface area (Å²) in [7, 11) is 0. The highest BCUT2D eigenvalue weighted by Gasteiger charge is 2.23. The van der Waals surface area contributed by atoms with E-state index in [0.29, 0.717) is 16.8 Å². The zero-order valence-electron chi connectivity index (χ0n) is 16.6. The van der Waals surface area contributed by atoms with Gasteiger partial charge in [-0.2, -0.15) is 0 Å². The zero-order valence-corrected chi connectivity index (χ0v) is 16.6. The smallest absolute Gasteiger partial charge is 0.340 e. The number of aromatic amines is 1. The Bertz CT molecular complexity index is 1080. The Morgan fingerprint density at radius 2 is 1.72 bits per heavy atom. The van der Waals surface area contributed by atoms with E-state index in [-0.39, 0.29) is 24.6 Å². The fraction of sp³-hybridized carbons (Fsp3) is 0.227. The van der Waals surface area contributed by atoms with Crippen LogP contribution in [0.15, 0.2) is 42.5 Å². The Hall–Kier alpha value is -3.61. The Morgan fingerprint density at radius 3 is 2.48 bits per heavy atom. The molecule has 0 saturated carbocycles. The number of ether oxygens (including phenoxy) is 1. The Morgan fingerprint density at radius 1 is 1.00 bits per heavy atom. The molecular formula is C22H23N3O4. The van der Waals surface area contributed by atoms with Gasteiger partial charge in [-0.1, -0.05) is 42.5 Å². The van der Waals surface area contributed by atoms with Crippen molar-refractivity contribution >= 4 is 28.6 Å². The van der Waals surface area contributed by atoms with Crippen LogP contribution in [0.5, 0.6) is 0 Å². The summed E-state index contributed by atoms with van der Waals surface area (Å²) in [5.41, 5.74) is 7.24. The molecule has 2 aromatic carbocycles. The fourth-order valence-electron chi connectivity index (χ4n) is 3.34. The number of aryl methyl sites for hydroxylation is 1. The number of rotatable bonds is 5. The van der Waals surface area contributed by atoms with Gasteiger partial charge in [0.15, 0.2) is 0 Å². The molecule has 3 N–H and O–H groups in total. The van der Waals surface area contributed by atoms with E-state index in [1.54, 1.807) is 20.8 Å². The highest BCUT2D eigenvalue weighted by molar-refractivity contribution is 6.01. The van der Waals surface area contributed by atoms with Gasteiger partial charge in [0, 0.05) is 5.69 Å². The molecule has 0 aliphatic heterocycles. The minimum absolute atomic E-state index is 0.123. The van der Waals surface area contributed by atoms with Crippen LogP contribution in [-0.2, 0) is 16.0 Å². The van der Waals surface area contributed by atoms with Crippen LogP contribution in [0.25, 0.3) is 10.8 Å². The number of hydrazine groups is 1. The maximum absolute atomic E-state index is 12.5. The summed E-state index contributed by atoms with van der Waals surface area (Å²) in [6.07, 6.45) is 0.123. The van der Waals surface area contributed by atoms with Gasteiger partial charge in [0.2, 0.25) is 5.91 Å². The van der Waals surface area contributed by atoms with Crippen molar-refractivity contribution < 1.29 is 19.1 Å². The quantitative estimate of drug-likeness (QED) is 0.458. The molecule has 0 saturated heterocycles. The SMILES string of the molecule is CCOC(=O)c1c(C)[nH]c(C(=O)NNC(=O)Cc2cccc3ccccc23)c1C. The molecule has 0 fully saturated rings. The van der Waals surface area contributed by atoms with Crippen molar-refractivity contribution in [3.8, 4) is 0 Å². The van der Waals surface area contributed by atoms with E-state index in [2.05, 4.69) is 15.8 Å². The number of esters is 1. The number of hydrogen-bond acceptors (Lipinski definition) is 4. The lowest BCUT2D eigenvalue weighted by Gasteiger charge is -2.09. The summed E-state index contributed by atoms with van der Waals surface area (Å²) in [5, 5.41) is 2.04. The van der Waals surface area contributed by atoms with Gasteiger partial charge in [-0.25, -0.2) is 4.79 Å². The molecule has 2 amide bonds. The molecule has 0 radical (unpaired) electrons. The van der Waals surface area contributed by atoms with Crippen LogP contribution in [0.3, 0.4) is 0 Å². The third kappa shape index (κ3) is 4.29. The number of benzene rings is 2. The standard InChI is InChI=1S/C22H23N3O4/c1-4-29-22(28)19-13(2)20(23-14(19)3)21(27)25-24-18(26)12-16-10-7-9-15-8-5-6-11-17(15)16/h5-11,23H,4,12H2,1-3H3,(H,24,26)(H,25,27). The molecule has 150 valence electrons. The van der Waals surface area contributed by atoms with Gasteiger partial charge in [-0.05, 0) is 42.7 Å². The fourth-order valence-corrected chi connectivity index (χ4v) is 3.34. The third-order valence-electron chi connectivity index (χ3n) is 4.69. The number of carbonyl (C=O) groups is 3. The van der Waals surface area contributed by atoms with E-state index in [1.165, 1.54) is 0 Å². The first-order valence-corrected chi connectivity index (χ1v) is 9.34. The van der Waals surface area contributed by atoms with Gasteiger partial charge < -0.3 is 9.72 Å². The lowest BCUT2D eigenvalue weighted by molar-refractivity contribution is -0.121. The second-order valence-electron chi connectivity index (χ2n) is 6.66. The number of fused-ring (bicyclic) bond motifs is 1. The van der Waals surface area contributed by atoms with Gasteiger partial charge in [-0.3, -0.25) is 20.4 Å². The molecule has 7 nitrogen and oxygen atoms in total. The van der Waals surface area contributed by atoms with Crippen LogP contribution in [0.4, 0.5) is 0 Å². The van der Waals surface area contributed by atoms with Gasteiger partial charge in [0.25, 0.3) is 5.91 Å². The predicted octanol–water partition coefficient (Wildman–Crippen LogP) is 2.97. The molecule has 3 rings (SSSR count). The summed E-state index contributed by atoms with van der Waals surface area (Å²) in [5.74, 6) is -1.37. The van der Waals surface area contributed by atoms with Crippen molar-refractivity contribution in [2.45, 2.75) is 27.2 Å². The third-order valence-corrected chi connectivity index (χ3v) is 4.69. The van der Waals surface area contributed by atoms with Crippen LogP contribution in [0.1, 0.15) is 44.6 Å². The van der Waals surface area contributed by atoms with Crippen molar-refractivity contribution in [2.75, 3.05) is 6.61 Å². The normalized spacial score (nSPS) is 10.6. The first-order chi connectivity index (χ1) is 13.9. The van der Waals surface area contributed by atoms with E-state index in [1.807, 2.05) is 42.5 Å². The van der Waals surface area contributed by atoms with E-state index >= 15 is 0 Å². The van der Waals surface area contributed by atoms with Crippen molar-refractivity contribution in [3.05, 3.63) is 70.5 Å². The number of H-pyrrole nitrogens is 1. The monoisotopic (exact) mass is 393 g/mol. The molecule has 3 aromatic rings. The predicted molar refractivity (Wildman–Crippen MR) is 109 cm³/mol. The van der Waals surface area contributed by atoms with Gasteiger partial charge in [-0.15, -0.1) is 0 Å². The molecule has 1 aromatic heterocycles. The van der Waals surface area contributed by atoms with Crippen LogP contribution in [0, 0.1) is 13.8 Å². The number of nitrogens with one attached hydrogen (secondary N) is 3. The Labute approximate surface area is 168 Å². The second-order valence-corrected chi connectivity index (χ2v) is 6.66. The summed E-state index contributed by atoms with van der Waals surface area (Å²) in [6, 6.07) is 13.6. The maximum Gasteiger partial charge on any atom is 0.340 e. The minimum atomic E-state index is -0.535. The van der Waals surface area contributed by atoms with Crippen LogP contribution in [0.2, 0.25) is 0 Å². The maximum atomic E-state index is 12.5. The summed E-state index contributed by atoms with van der Waals surface area (Å²) in [6.45, 7) is 5.31. The molecule has 0 unspecified atom stereocenters. The number of carbonyl (C=O) groups excluding carboxylic acids is 3. The minimum Gasteiger partial charge on any atom is -0.462 e. The molecule has 1 heterocycles. The zero-order chi connectivity index (χ0) is 21.0. The summed E-state index contributed by atoms with van der Waals surface area (Å²) in [4.78, 5) is 39.7. The topological polar surface area (TPSA) is 100 Å². The van der Waals surface area contributed by atoms with Gasteiger partial charge >= 0.3 is 5.97 Å². The molecule has 29 heavy (non-hydrogen) atoms. The van der Waals surface area contributed by atoms with Crippen molar-refractivity contribution in [1.29, 1.82) is 0 Å². The largest absolute Gasteiger partial charge is 0.462 e. The van der Waals surface area contributed by atoms with E-state index < -0.39 is 11.9 Å². The van der Waals surface area contributed by atoms with Crippen molar-refractivity contribution in [2.24, 2.45) is 0 Å². The average molecular weight is 393 g/mol. The summed E-state index contributed by atoms with van der Waals surface area (Å²) >= 11 is 0. The number of amides is 2. The summed E-state index contributed by atoms with van der Waals surface area (Å²) < 4.78 is 5.02. The van der Waals surface area contributed by atoms with E-state index in [4.69, 9.17) is 4.74 Å². The van der Waals surface area contributed by atoms with E-state index in [9.17, 15) is 14.4 Å². The van der Waals surface area contributed by atoms with Crippen LogP contribution < -0.4 is 10.9 Å². The van der Waals surface area contributed by atoms with Gasteiger partial charge in [0.1, 0.15) is 5.69 Å². The average Bonchev–Trinajstić information content (AvgIpc) is 3.01. The second kappa shape index (κ2) is 8.60. The lowest BCUT2D eigenvalue weighted by Crippen LogP contribution is -2.42. The molecule has 0 aliphatic carbocycles. The molecular weight excluding hydrogens is 370 g/mol. The number of hydrogen-bond donors (Lipinski definition) is 3. The van der Waals surface area contributed by atoms with Crippen LogP contribution >= 0.6 is 0 Å². The van der Waals surface area contributed by atoms with Crippen LogP contribution in [-0.4, -0.2) is 29.4 Å². The first-order valence-electron chi connectivity index (χ1n) is 9.34. The Kier molecular flexibility index (Phi) is 5.97.